The van der Waals surface area contributed by atoms with Crippen molar-refractivity contribution < 1.29 is 0 Å². The van der Waals surface area contributed by atoms with Crippen molar-refractivity contribution >= 4 is 40.7 Å². The molecule has 2 N–H and O–H groups in total. The maximum atomic E-state index is 6.24. The summed E-state index contributed by atoms with van der Waals surface area (Å²) in [5, 5.41) is 7.53. The molecule has 7 heteroatoms. The van der Waals surface area contributed by atoms with E-state index in [9.17, 15) is 0 Å². The number of benzene rings is 1. The van der Waals surface area contributed by atoms with E-state index in [1.807, 2.05) is 44.2 Å². The first-order valence-electron chi connectivity index (χ1n) is 7.80. The van der Waals surface area contributed by atoms with Gasteiger partial charge in [-0.2, -0.15) is 4.98 Å². The molecule has 5 nitrogen and oxygen atoms in total. The van der Waals surface area contributed by atoms with Crippen LogP contribution < -0.4 is 10.6 Å². The normalized spacial score (nSPS) is 10.8. The molecule has 2 heterocycles. The zero-order valence-electron chi connectivity index (χ0n) is 13.8. The van der Waals surface area contributed by atoms with Crippen LogP contribution in [-0.2, 0) is 0 Å². The average molecular weight is 374 g/mol. The number of anilines is 3. The van der Waals surface area contributed by atoms with Crippen molar-refractivity contribution in [1.29, 1.82) is 0 Å². The number of hydrogen-bond acceptors (Lipinski definition) is 5. The molecule has 0 aliphatic heterocycles. The maximum Gasteiger partial charge on any atom is 0.225 e. The molecule has 1 aromatic carbocycles. The first-order valence-corrected chi connectivity index (χ1v) is 8.56. The summed E-state index contributed by atoms with van der Waals surface area (Å²) in [5.74, 6) is 1.13. The van der Waals surface area contributed by atoms with Crippen LogP contribution in [0, 0.1) is 0 Å². The molecule has 0 spiro atoms. The minimum absolute atomic E-state index is 0.200. The third-order valence-corrected chi connectivity index (χ3v) is 3.81. The van der Waals surface area contributed by atoms with Crippen molar-refractivity contribution in [2.75, 3.05) is 10.6 Å². The minimum atomic E-state index is 0.200. The van der Waals surface area contributed by atoms with Crippen LogP contribution in [0.5, 0.6) is 0 Å². The Kier molecular flexibility index (Phi) is 5.36. The molecule has 0 amide bonds. The zero-order chi connectivity index (χ0) is 17.8. The SMILES string of the molecule is CC(C)Nc1nc(Nc2ccc(Cl)cc2Cl)cc(-c2ccccn2)n1. The van der Waals surface area contributed by atoms with Crippen molar-refractivity contribution in [2.45, 2.75) is 19.9 Å². The fourth-order valence-corrected chi connectivity index (χ4v) is 2.66. The van der Waals surface area contributed by atoms with Gasteiger partial charge in [-0.1, -0.05) is 29.3 Å². The van der Waals surface area contributed by atoms with Crippen LogP contribution in [0.1, 0.15) is 13.8 Å². The van der Waals surface area contributed by atoms with Gasteiger partial charge in [0.2, 0.25) is 5.95 Å². The zero-order valence-corrected chi connectivity index (χ0v) is 15.3. The predicted octanol–water partition coefficient (Wildman–Crippen LogP) is 5.41. The van der Waals surface area contributed by atoms with Crippen LogP contribution in [0.4, 0.5) is 17.5 Å². The van der Waals surface area contributed by atoms with Gasteiger partial charge in [0.1, 0.15) is 5.82 Å². The van der Waals surface area contributed by atoms with Gasteiger partial charge in [0.15, 0.2) is 0 Å². The van der Waals surface area contributed by atoms with Gasteiger partial charge in [0.25, 0.3) is 0 Å². The highest BCUT2D eigenvalue weighted by molar-refractivity contribution is 6.36. The molecule has 2 aromatic heterocycles. The van der Waals surface area contributed by atoms with Gasteiger partial charge >= 0.3 is 0 Å². The van der Waals surface area contributed by atoms with Gasteiger partial charge in [0.05, 0.1) is 22.1 Å². The lowest BCUT2D eigenvalue weighted by Crippen LogP contribution is -2.13. The second-order valence-corrected chi connectivity index (χ2v) is 6.57. The Balaban J connectivity index is 2.00. The Hall–Kier alpha value is -2.37. The average Bonchev–Trinajstić information content (AvgIpc) is 2.57. The largest absolute Gasteiger partial charge is 0.352 e. The minimum Gasteiger partial charge on any atom is -0.352 e. The Morgan fingerprint density at radius 3 is 2.48 bits per heavy atom. The van der Waals surface area contributed by atoms with E-state index in [-0.39, 0.29) is 6.04 Å². The summed E-state index contributed by atoms with van der Waals surface area (Å²) in [7, 11) is 0. The van der Waals surface area contributed by atoms with Crippen molar-refractivity contribution in [3.63, 3.8) is 0 Å². The molecule has 0 atom stereocenters. The molecule has 0 aliphatic rings. The molecule has 0 aliphatic carbocycles. The van der Waals surface area contributed by atoms with Crippen molar-refractivity contribution in [3.05, 3.63) is 58.7 Å². The molecular weight excluding hydrogens is 357 g/mol. The van der Waals surface area contributed by atoms with Crippen LogP contribution in [0.25, 0.3) is 11.4 Å². The summed E-state index contributed by atoms with van der Waals surface area (Å²) >= 11 is 12.2. The van der Waals surface area contributed by atoms with Crippen molar-refractivity contribution in [1.82, 2.24) is 15.0 Å². The molecule has 25 heavy (non-hydrogen) atoms. The number of rotatable bonds is 5. The van der Waals surface area contributed by atoms with Crippen LogP contribution >= 0.6 is 23.2 Å². The summed E-state index contributed by atoms with van der Waals surface area (Å²) in [6.45, 7) is 4.06. The molecule has 0 unspecified atom stereocenters. The topological polar surface area (TPSA) is 62.7 Å². The highest BCUT2D eigenvalue weighted by atomic mass is 35.5. The van der Waals surface area contributed by atoms with Crippen LogP contribution in [0.15, 0.2) is 48.7 Å². The first kappa shape index (κ1) is 17.5. The number of hydrogen-bond donors (Lipinski definition) is 2. The summed E-state index contributed by atoms with van der Waals surface area (Å²) in [6, 6.07) is 13.0. The standard InChI is InChI=1S/C18H17Cl2N5/c1-11(2)22-18-24-16(15-5-3-4-8-21-15)10-17(25-18)23-14-7-6-12(19)9-13(14)20/h3-11H,1-2H3,(H2,22,23,24,25). The highest BCUT2D eigenvalue weighted by Gasteiger charge is 2.10. The first-order chi connectivity index (χ1) is 12.0. The van der Waals surface area contributed by atoms with E-state index in [0.717, 1.165) is 5.69 Å². The van der Waals surface area contributed by atoms with E-state index in [4.69, 9.17) is 23.2 Å². The Morgan fingerprint density at radius 2 is 1.80 bits per heavy atom. The summed E-state index contributed by atoms with van der Waals surface area (Å²) < 4.78 is 0. The predicted molar refractivity (Wildman–Crippen MR) is 104 cm³/mol. The molecule has 0 bridgehead atoms. The monoisotopic (exact) mass is 373 g/mol. The maximum absolute atomic E-state index is 6.24. The van der Waals surface area contributed by atoms with Gasteiger partial charge in [-0.3, -0.25) is 4.98 Å². The number of halogens is 2. The van der Waals surface area contributed by atoms with E-state index >= 15 is 0 Å². The molecule has 0 saturated carbocycles. The van der Waals surface area contributed by atoms with E-state index in [1.165, 1.54) is 0 Å². The second kappa shape index (κ2) is 7.68. The van der Waals surface area contributed by atoms with E-state index in [1.54, 1.807) is 18.3 Å². The molecule has 0 radical (unpaired) electrons. The van der Waals surface area contributed by atoms with E-state index in [2.05, 4.69) is 25.6 Å². The lowest BCUT2D eigenvalue weighted by atomic mass is 10.2. The number of nitrogens with zero attached hydrogens (tertiary/aromatic N) is 3. The number of aromatic nitrogens is 3. The van der Waals surface area contributed by atoms with Crippen LogP contribution in [0.2, 0.25) is 10.0 Å². The Bertz CT molecular complexity index is 869. The molecule has 0 saturated heterocycles. The van der Waals surface area contributed by atoms with Gasteiger partial charge in [-0.15, -0.1) is 0 Å². The van der Waals surface area contributed by atoms with Gasteiger partial charge in [-0.25, -0.2) is 4.98 Å². The lowest BCUT2D eigenvalue weighted by molar-refractivity contribution is 0.875. The Labute approximate surface area is 156 Å². The number of nitrogens with one attached hydrogen (secondary N) is 2. The second-order valence-electron chi connectivity index (χ2n) is 5.73. The summed E-state index contributed by atoms with van der Waals surface area (Å²) in [5.41, 5.74) is 2.19. The summed E-state index contributed by atoms with van der Waals surface area (Å²) in [4.78, 5) is 13.4. The third-order valence-electron chi connectivity index (χ3n) is 3.27. The molecule has 0 fully saturated rings. The number of pyridine rings is 1. The third kappa shape index (κ3) is 4.59. The highest BCUT2D eigenvalue weighted by Crippen LogP contribution is 2.29. The van der Waals surface area contributed by atoms with Crippen LogP contribution in [-0.4, -0.2) is 21.0 Å². The Morgan fingerprint density at radius 1 is 0.960 bits per heavy atom. The van der Waals surface area contributed by atoms with Gasteiger partial charge in [0, 0.05) is 23.3 Å². The molecule has 3 aromatic rings. The van der Waals surface area contributed by atoms with E-state index in [0.29, 0.717) is 33.2 Å². The van der Waals surface area contributed by atoms with Crippen molar-refractivity contribution in [2.24, 2.45) is 0 Å². The van der Waals surface area contributed by atoms with Crippen LogP contribution in [0.3, 0.4) is 0 Å². The van der Waals surface area contributed by atoms with Gasteiger partial charge < -0.3 is 10.6 Å². The molecule has 128 valence electrons. The summed E-state index contributed by atoms with van der Waals surface area (Å²) in [6.07, 6.45) is 1.73. The van der Waals surface area contributed by atoms with Gasteiger partial charge in [-0.05, 0) is 44.2 Å². The molecular formula is C18H17Cl2N5. The quantitative estimate of drug-likeness (QED) is 0.625. The fourth-order valence-electron chi connectivity index (χ4n) is 2.21. The fraction of sp³-hybridized carbons (Fsp3) is 0.167. The van der Waals surface area contributed by atoms with Crippen molar-refractivity contribution in [3.8, 4) is 11.4 Å². The smallest absolute Gasteiger partial charge is 0.225 e. The lowest BCUT2D eigenvalue weighted by Gasteiger charge is -2.13. The molecule has 3 rings (SSSR count). The van der Waals surface area contributed by atoms with E-state index < -0.39 is 0 Å².